The maximum Gasteiger partial charge on any atom is 0.151 e. The van der Waals surface area contributed by atoms with Crippen LogP contribution in [0.5, 0.6) is 0 Å². The fraction of sp³-hybridized carbons (Fsp3) is 0.769. The van der Waals surface area contributed by atoms with Crippen LogP contribution in [0.2, 0.25) is 0 Å². The Labute approximate surface area is 103 Å². The molecule has 0 spiro atoms. The maximum absolute atomic E-state index is 5.53. The molecule has 1 heterocycles. The first kappa shape index (κ1) is 12.6. The Balaban J connectivity index is 1.88. The maximum atomic E-state index is 5.53. The Morgan fingerprint density at radius 1 is 1.53 bits per heavy atom. The predicted molar refractivity (Wildman–Crippen MR) is 67.3 cm³/mol. The number of nitrogens with two attached hydrogens (primary N) is 1. The molecule has 2 rings (SSSR count). The zero-order valence-electron chi connectivity index (χ0n) is 10.9. The second-order valence-corrected chi connectivity index (χ2v) is 5.37. The molecule has 1 aliphatic carbocycles. The van der Waals surface area contributed by atoms with Crippen LogP contribution in [0.4, 0.5) is 0 Å². The third kappa shape index (κ3) is 3.82. The van der Waals surface area contributed by atoms with Crippen LogP contribution in [-0.2, 0) is 13.1 Å². The Morgan fingerprint density at radius 2 is 2.29 bits per heavy atom. The molecule has 0 atom stereocenters. The molecule has 0 amide bonds. The molecular formula is C13H23N3O. The number of rotatable bonds is 7. The highest BCUT2D eigenvalue weighted by molar-refractivity contribution is 5.05. The van der Waals surface area contributed by atoms with E-state index in [0.29, 0.717) is 6.54 Å². The van der Waals surface area contributed by atoms with Gasteiger partial charge < -0.3 is 10.3 Å². The normalized spacial score (nSPS) is 16.1. The average molecular weight is 237 g/mol. The van der Waals surface area contributed by atoms with Crippen LogP contribution < -0.4 is 5.73 Å². The molecule has 0 aromatic carbocycles. The van der Waals surface area contributed by atoms with E-state index in [0.717, 1.165) is 36.5 Å². The molecule has 1 saturated carbocycles. The van der Waals surface area contributed by atoms with Gasteiger partial charge in [0.05, 0.1) is 12.2 Å². The molecule has 0 radical (unpaired) electrons. The van der Waals surface area contributed by atoms with Crippen molar-refractivity contribution in [3.05, 3.63) is 17.5 Å². The second kappa shape index (κ2) is 5.65. The largest absolute Gasteiger partial charge is 0.360 e. The minimum atomic E-state index is 0.457. The SMILES string of the molecule is CC(C)CCN(Cc1cc(CN)no1)C1CC1. The van der Waals surface area contributed by atoms with Gasteiger partial charge in [-0.1, -0.05) is 19.0 Å². The highest BCUT2D eigenvalue weighted by Gasteiger charge is 2.29. The van der Waals surface area contributed by atoms with E-state index in [4.69, 9.17) is 10.3 Å². The van der Waals surface area contributed by atoms with Crippen molar-refractivity contribution >= 4 is 0 Å². The van der Waals surface area contributed by atoms with E-state index in [1.807, 2.05) is 6.07 Å². The molecule has 4 heteroatoms. The van der Waals surface area contributed by atoms with E-state index >= 15 is 0 Å². The van der Waals surface area contributed by atoms with Crippen molar-refractivity contribution in [1.29, 1.82) is 0 Å². The van der Waals surface area contributed by atoms with Crippen LogP contribution in [0.3, 0.4) is 0 Å². The first-order valence-electron chi connectivity index (χ1n) is 6.57. The van der Waals surface area contributed by atoms with Gasteiger partial charge in [0.1, 0.15) is 0 Å². The molecule has 1 fully saturated rings. The van der Waals surface area contributed by atoms with Crippen molar-refractivity contribution < 1.29 is 4.52 Å². The fourth-order valence-electron chi connectivity index (χ4n) is 1.98. The topological polar surface area (TPSA) is 55.3 Å². The average Bonchev–Trinajstić information content (AvgIpc) is 3.04. The predicted octanol–water partition coefficient (Wildman–Crippen LogP) is 2.14. The summed E-state index contributed by atoms with van der Waals surface area (Å²) in [5.41, 5.74) is 6.38. The third-order valence-corrected chi connectivity index (χ3v) is 3.23. The molecule has 4 nitrogen and oxygen atoms in total. The molecule has 1 aliphatic rings. The van der Waals surface area contributed by atoms with Gasteiger partial charge >= 0.3 is 0 Å². The van der Waals surface area contributed by atoms with E-state index in [1.165, 1.54) is 19.3 Å². The summed E-state index contributed by atoms with van der Waals surface area (Å²) in [6.07, 6.45) is 3.90. The fourth-order valence-corrected chi connectivity index (χ4v) is 1.98. The summed E-state index contributed by atoms with van der Waals surface area (Å²) < 4.78 is 5.30. The van der Waals surface area contributed by atoms with Crippen molar-refractivity contribution in [2.75, 3.05) is 6.54 Å². The molecule has 2 N–H and O–H groups in total. The van der Waals surface area contributed by atoms with E-state index in [2.05, 4.69) is 23.9 Å². The number of nitrogens with zero attached hydrogens (tertiary/aromatic N) is 2. The Hall–Kier alpha value is -0.870. The third-order valence-electron chi connectivity index (χ3n) is 3.23. The van der Waals surface area contributed by atoms with Gasteiger partial charge in [0.25, 0.3) is 0 Å². The van der Waals surface area contributed by atoms with Gasteiger partial charge in [-0.3, -0.25) is 4.90 Å². The molecule has 0 unspecified atom stereocenters. The Bertz CT molecular complexity index is 344. The minimum absolute atomic E-state index is 0.457. The smallest absolute Gasteiger partial charge is 0.151 e. The lowest BCUT2D eigenvalue weighted by atomic mass is 10.1. The zero-order chi connectivity index (χ0) is 12.3. The first-order valence-corrected chi connectivity index (χ1v) is 6.57. The van der Waals surface area contributed by atoms with Crippen LogP contribution in [0.1, 0.15) is 44.6 Å². The van der Waals surface area contributed by atoms with Gasteiger partial charge in [-0.2, -0.15) is 0 Å². The lowest BCUT2D eigenvalue weighted by Gasteiger charge is -2.21. The standard InChI is InChI=1S/C13H23N3O/c1-10(2)5-6-16(12-3-4-12)9-13-7-11(8-14)15-17-13/h7,10,12H,3-6,8-9,14H2,1-2H3. The van der Waals surface area contributed by atoms with Gasteiger partial charge in [-0.05, 0) is 31.7 Å². The Kier molecular flexibility index (Phi) is 4.18. The van der Waals surface area contributed by atoms with Crippen LogP contribution in [0.15, 0.2) is 10.6 Å². The van der Waals surface area contributed by atoms with E-state index < -0.39 is 0 Å². The lowest BCUT2D eigenvalue weighted by molar-refractivity contribution is 0.211. The van der Waals surface area contributed by atoms with Crippen molar-refractivity contribution in [2.24, 2.45) is 11.7 Å². The monoisotopic (exact) mass is 237 g/mol. The van der Waals surface area contributed by atoms with Crippen molar-refractivity contribution in [2.45, 2.75) is 52.2 Å². The molecule has 17 heavy (non-hydrogen) atoms. The van der Waals surface area contributed by atoms with Gasteiger partial charge in [0.15, 0.2) is 5.76 Å². The number of hydrogen-bond acceptors (Lipinski definition) is 4. The molecule has 96 valence electrons. The molecule has 0 aliphatic heterocycles. The number of hydrogen-bond donors (Lipinski definition) is 1. The first-order chi connectivity index (χ1) is 8.19. The van der Waals surface area contributed by atoms with Crippen molar-refractivity contribution in [1.82, 2.24) is 10.1 Å². The van der Waals surface area contributed by atoms with Gasteiger partial charge in [0.2, 0.25) is 0 Å². The zero-order valence-corrected chi connectivity index (χ0v) is 10.9. The van der Waals surface area contributed by atoms with Crippen LogP contribution >= 0.6 is 0 Å². The highest BCUT2D eigenvalue weighted by atomic mass is 16.5. The molecule has 0 saturated heterocycles. The van der Waals surface area contributed by atoms with Gasteiger partial charge in [0, 0.05) is 18.7 Å². The van der Waals surface area contributed by atoms with Crippen LogP contribution in [0, 0.1) is 5.92 Å². The molecule has 1 aromatic heterocycles. The second-order valence-electron chi connectivity index (χ2n) is 5.37. The summed E-state index contributed by atoms with van der Waals surface area (Å²) >= 11 is 0. The van der Waals surface area contributed by atoms with Crippen LogP contribution in [0.25, 0.3) is 0 Å². The van der Waals surface area contributed by atoms with Crippen LogP contribution in [-0.4, -0.2) is 22.6 Å². The molecule has 1 aromatic rings. The van der Waals surface area contributed by atoms with Gasteiger partial charge in [-0.15, -0.1) is 0 Å². The lowest BCUT2D eigenvalue weighted by Crippen LogP contribution is -2.27. The summed E-state index contributed by atoms with van der Waals surface area (Å²) in [5, 5.41) is 3.94. The van der Waals surface area contributed by atoms with E-state index in [1.54, 1.807) is 0 Å². The minimum Gasteiger partial charge on any atom is -0.360 e. The molecule has 0 bridgehead atoms. The number of aromatic nitrogens is 1. The summed E-state index contributed by atoms with van der Waals surface area (Å²) in [5.74, 6) is 1.70. The van der Waals surface area contributed by atoms with E-state index in [-0.39, 0.29) is 0 Å². The van der Waals surface area contributed by atoms with E-state index in [9.17, 15) is 0 Å². The Morgan fingerprint density at radius 3 is 2.82 bits per heavy atom. The summed E-state index contributed by atoms with van der Waals surface area (Å²) in [6, 6.07) is 2.74. The van der Waals surface area contributed by atoms with Gasteiger partial charge in [-0.25, -0.2) is 0 Å². The molecular weight excluding hydrogens is 214 g/mol. The summed E-state index contributed by atoms with van der Waals surface area (Å²) in [6.45, 7) is 7.03. The summed E-state index contributed by atoms with van der Waals surface area (Å²) in [4.78, 5) is 2.51. The summed E-state index contributed by atoms with van der Waals surface area (Å²) in [7, 11) is 0. The quantitative estimate of drug-likeness (QED) is 0.789. The van der Waals surface area contributed by atoms with Crippen molar-refractivity contribution in [3.63, 3.8) is 0 Å². The van der Waals surface area contributed by atoms with Crippen molar-refractivity contribution in [3.8, 4) is 0 Å². The highest BCUT2D eigenvalue weighted by Crippen LogP contribution is 2.29.